The second-order valence-corrected chi connectivity index (χ2v) is 8.50. The molecule has 3 saturated carbocycles. The molecule has 1 aliphatic heterocycles. The third-order valence-electron chi connectivity index (χ3n) is 6.99. The predicted octanol–water partition coefficient (Wildman–Crippen LogP) is 5.84. The number of hydrogen-bond donors (Lipinski definition) is 0. The van der Waals surface area contributed by atoms with E-state index >= 15 is 0 Å². The van der Waals surface area contributed by atoms with E-state index in [9.17, 15) is 0 Å². The van der Waals surface area contributed by atoms with Crippen LogP contribution in [0.2, 0.25) is 0 Å². The summed E-state index contributed by atoms with van der Waals surface area (Å²) < 4.78 is 12.7. The number of fused-ring (bicyclic) bond motifs is 3. The highest BCUT2D eigenvalue weighted by Crippen LogP contribution is 2.61. The molecular weight excluding hydrogens is 272 g/mol. The van der Waals surface area contributed by atoms with E-state index in [4.69, 9.17) is 9.47 Å². The van der Waals surface area contributed by atoms with Crippen LogP contribution in [0.5, 0.6) is 0 Å². The standard InChI is InChI=1S/C20H36O2/c1-4-6-7-8-19-9-12-20(13-10-19,14-11-19)18-21-16(3)15-17(5-2)22-18/h16-18H,4-15H2,1-3H3. The summed E-state index contributed by atoms with van der Waals surface area (Å²) in [6.45, 7) is 6.79. The molecule has 0 N–H and O–H groups in total. The average molecular weight is 309 g/mol. The van der Waals surface area contributed by atoms with Crippen LogP contribution in [-0.4, -0.2) is 18.5 Å². The molecule has 4 aliphatic rings. The Morgan fingerprint density at radius 1 is 0.909 bits per heavy atom. The molecule has 128 valence electrons. The van der Waals surface area contributed by atoms with Crippen LogP contribution in [-0.2, 0) is 9.47 Å². The zero-order valence-electron chi connectivity index (χ0n) is 15.0. The van der Waals surface area contributed by atoms with Crippen molar-refractivity contribution in [3.05, 3.63) is 0 Å². The lowest BCUT2D eigenvalue weighted by Crippen LogP contribution is -2.53. The SMILES string of the molecule is CCCCCC12CCC(C3OC(C)CC(CC)O3)(CC1)CC2. The van der Waals surface area contributed by atoms with E-state index in [1.807, 2.05) is 0 Å². The third-order valence-corrected chi connectivity index (χ3v) is 6.99. The van der Waals surface area contributed by atoms with Gasteiger partial charge in [0.15, 0.2) is 6.29 Å². The van der Waals surface area contributed by atoms with Crippen molar-refractivity contribution in [1.82, 2.24) is 0 Å². The van der Waals surface area contributed by atoms with Crippen molar-refractivity contribution in [1.29, 1.82) is 0 Å². The highest BCUT2D eigenvalue weighted by molar-refractivity contribution is 5.01. The lowest BCUT2D eigenvalue weighted by atomic mass is 9.52. The van der Waals surface area contributed by atoms with E-state index in [2.05, 4.69) is 20.8 Å². The molecule has 2 heteroatoms. The number of rotatable bonds is 6. The lowest BCUT2D eigenvalue weighted by molar-refractivity contribution is -0.303. The molecule has 1 saturated heterocycles. The Bertz CT molecular complexity index is 340. The van der Waals surface area contributed by atoms with Gasteiger partial charge in [-0.15, -0.1) is 0 Å². The minimum absolute atomic E-state index is 0.0788. The molecular formula is C20H36O2. The first-order valence-corrected chi connectivity index (χ1v) is 9.92. The van der Waals surface area contributed by atoms with Crippen LogP contribution in [0.25, 0.3) is 0 Å². The summed E-state index contributed by atoms with van der Waals surface area (Å²) in [4.78, 5) is 0. The molecule has 0 radical (unpaired) electrons. The number of unbranched alkanes of at least 4 members (excludes halogenated alkanes) is 2. The van der Waals surface area contributed by atoms with Gasteiger partial charge in [-0.05, 0) is 70.1 Å². The topological polar surface area (TPSA) is 18.5 Å². The fourth-order valence-corrected chi connectivity index (χ4v) is 5.22. The van der Waals surface area contributed by atoms with Gasteiger partial charge >= 0.3 is 0 Å². The second-order valence-electron chi connectivity index (χ2n) is 8.50. The Morgan fingerprint density at radius 3 is 2.18 bits per heavy atom. The van der Waals surface area contributed by atoms with Gasteiger partial charge in [0, 0.05) is 5.41 Å². The molecule has 3 aliphatic carbocycles. The van der Waals surface area contributed by atoms with Crippen LogP contribution in [0.3, 0.4) is 0 Å². The maximum absolute atomic E-state index is 6.37. The minimum Gasteiger partial charge on any atom is -0.349 e. The van der Waals surface area contributed by atoms with Gasteiger partial charge in [-0.1, -0.05) is 33.1 Å². The van der Waals surface area contributed by atoms with Crippen LogP contribution in [0, 0.1) is 10.8 Å². The van der Waals surface area contributed by atoms with Crippen molar-refractivity contribution in [3.63, 3.8) is 0 Å². The van der Waals surface area contributed by atoms with Gasteiger partial charge in [-0.2, -0.15) is 0 Å². The normalized spacial score (nSPS) is 45.1. The van der Waals surface area contributed by atoms with E-state index in [1.165, 1.54) is 64.2 Å². The van der Waals surface area contributed by atoms with Gasteiger partial charge < -0.3 is 9.47 Å². The number of ether oxygens (including phenoxy) is 2. The maximum Gasteiger partial charge on any atom is 0.163 e. The number of hydrogen-bond acceptors (Lipinski definition) is 2. The van der Waals surface area contributed by atoms with Crippen molar-refractivity contribution >= 4 is 0 Å². The van der Waals surface area contributed by atoms with Crippen LogP contribution >= 0.6 is 0 Å². The molecule has 0 spiro atoms. The molecule has 0 amide bonds. The van der Waals surface area contributed by atoms with E-state index in [0.29, 0.717) is 23.0 Å². The van der Waals surface area contributed by atoms with Gasteiger partial charge in [0.2, 0.25) is 0 Å². The summed E-state index contributed by atoms with van der Waals surface area (Å²) in [5, 5.41) is 0. The van der Waals surface area contributed by atoms with E-state index < -0.39 is 0 Å². The molecule has 22 heavy (non-hydrogen) atoms. The molecule has 0 aromatic heterocycles. The average Bonchev–Trinajstić information content (AvgIpc) is 2.56. The molecule has 0 aromatic carbocycles. The summed E-state index contributed by atoms with van der Waals surface area (Å²) in [5.41, 5.74) is 1.02. The van der Waals surface area contributed by atoms with Crippen molar-refractivity contribution in [2.75, 3.05) is 0 Å². The largest absolute Gasteiger partial charge is 0.349 e. The van der Waals surface area contributed by atoms with Gasteiger partial charge in [0.25, 0.3) is 0 Å². The van der Waals surface area contributed by atoms with E-state index in [-0.39, 0.29) is 6.29 Å². The molecule has 4 fully saturated rings. The summed E-state index contributed by atoms with van der Waals surface area (Å²) in [7, 11) is 0. The lowest BCUT2D eigenvalue weighted by Gasteiger charge is -2.57. The van der Waals surface area contributed by atoms with Crippen LogP contribution in [0.4, 0.5) is 0 Å². The van der Waals surface area contributed by atoms with Gasteiger partial charge in [0.1, 0.15) is 0 Å². The first kappa shape index (κ1) is 16.8. The molecule has 4 rings (SSSR count). The summed E-state index contributed by atoms with van der Waals surface area (Å²) >= 11 is 0. The third kappa shape index (κ3) is 3.24. The maximum atomic E-state index is 6.37. The van der Waals surface area contributed by atoms with Crippen molar-refractivity contribution < 1.29 is 9.47 Å². The highest BCUT2D eigenvalue weighted by Gasteiger charge is 2.54. The quantitative estimate of drug-likeness (QED) is 0.574. The Kier molecular flexibility index (Phi) is 5.19. The minimum atomic E-state index is 0.0788. The van der Waals surface area contributed by atoms with E-state index in [1.54, 1.807) is 0 Å². The smallest absolute Gasteiger partial charge is 0.163 e. The Labute approximate surface area is 137 Å². The zero-order valence-corrected chi connectivity index (χ0v) is 15.0. The van der Waals surface area contributed by atoms with Crippen LogP contribution in [0.1, 0.15) is 97.8 Å². The Morgan fingerprint density at radius 2 is 1.59 bits per heavy atom. The first-order valence-electron chi connectivity index (χ1n) is 9.92. The fourth-order valence-electron chi connectivity index (χ4n) is 5.22. The summed E-state index contributed by atoms with van der Waals surface area (Å²) in [5.74, 6) is 0. The van der Waals surface area contributed by atoms with Crippen molar-refractivity contribution in [3.8, 4) is 0 Å². The molecule has 0 aromatic rings. The second kappa shape index (κ2) is 6.81. The predicted molar refractivity (Wildman–Crippen MR) is 90.8 cm³/mol. The van der Waals surface area contributed by atoms with Crippen molar-refractivity contribution in [2.45, 2.75) is 116 Å². The van der Waals surface area contributed by atoms with Gasteiger partial charge in [-0.25, -0.2) is 0 Å². The molecule has 2 bridgehead atoms. The summed E-state index contributed by atoms with van der Waals surface area (Å²) in [6, 6.07) is 0. The molecule has 3 unspecified atom stereocenters. The first-order chi connectivity index (χ1) is 10.6. The van der Waals surface area contributed by atoms with E-state index in [0.717, 1.165) is 12.8 Å². The summed E-state index contributed by atoms with van der Waals surface area (Å²) in [6.07, 6.45) is 17.0. The van der Waals surface area contributed by atoms with Gasteiger partial charge in [0.05, 0.1) is 12.2 Å². The Balaban J connectivity index is 1.61. The Hall–Kier alpha value is -0.0800. The van der Waals surface area contributed by atoms with Crippen LogP contribution < -0.4 is 0 Å². The van der Waals surface area contributed by atoms with Crippen LogP contribution in [0.15, 0.2) is 0 Å². The van der Waals surface area contributed by atoms with Gasteiger partial charge in [-0.3, -0.25) is 0 Å². The molecule has 3 atom stereocenters. The molecule has 1 heterocycles. The highest BCUT2D eigenvalue weighted by atomic mass is 16.7. The monoisotopic (exact) mass is 308 g/mol. The molecule has 2 nitrogen and oxygen atoms in total. The zero-order chi connectivity index (χ0) is 15.6. The fraction of sp³-hybridized carbons (Fsp3) is 1.00. The van der Waals surface area contributed by atoms with Crippen molar-refractivity contribution in [2.24, 2.45) is 10.8 Å².